The van der Waals surface area contributed by atoms with Crippen molar-refractivity contribution in [1.82, 2.24) is 9.27 Å². The highest BCUT2D eigenvalue weighted by atomic mass is 16.1. The zero-order valence-electron chi connectivity index (χ0n) is 26.3. The Kier molecular flexibility index (Phi) is 4.60. The van der Waals surface area contributed by atoms with Gasteiger partial charge < -0.3 is 4.90 Å². The van der Waals surface area contributed by atoms with Crippen LogP contribution in [0.5, 0.6) is 0 Å². The largest absolute Gasteiger partial charge is 0.357 e. The predicted octanol–water partition coefficient (Wildman–Crippen LogP) is 7.89. The molecule has 49 heavy (non-hydrogen) atoms. The lowest BCUT2D eigenvalue weighted by Crippen LogP contribution is -2.57. The summed E-state index contributed by atoms with van der Waals surface area (Å²) in [4.78, 5) is 17.4. The number of anilines is 3. The molecule has 0 atom stereocenters. The van der Waals surface area contributed by atoms with Crippen molar-refractivity contribution >= 4 is 45.7 Å². The normalized spacial score (nSPS) is 14.7. The van der Waals surface area contributed by atoms with Gasteiger partial charge in [-0.3, -0.25) is 14.1 Å². The second kappa shape index (κ2) is 8.77. The van der Waals surface area contributed by atoms with E-state index in [1.807, 2.05) is 22.8 Å². The molecule has 4 aliphatic rings. The van der Waals surface area contributed by atoms with E-state index in [0.29, 0.717) is 0 Å². The first-order chi connectivity index (χ1) is 24.3. The van der Waals surface area contributed by atoms with Crippen LogP contribution in [0.15, 0.2) is 163 Å². The van der Waals surface area contributed by atoms with Gasteiger partial charge >= 0.3 is 6.85 Å². The van der Waals surface area contributed by atoms with Gasteiger partial charge in [0.15, 0.2) is 0 Å². The molecule has 1 spiro atoms. The van der Waals surface area contributed by atoms with Gasteiger partial charge in [0.25, 0.3) is 5.56 Å². The van der Waals surface area contributed by atoms with Gasteiger partial charge in [0.2, 0.25) is 0 Å². The molecule has 7 aromatic carbocycles. The fourth-order valence-electron chi connectivity index (χ4n) is 9.84. The molecule has 3 aliphatic heterocycles. The third kappa shape index (κ3) is 2.81. The average Bonchev–Trinajstić information content (AvgIpc) is 3.78. The van der Waals surface area contributed by atoms with Gasteiger partial charge in [-0.05, 0) is 74.2 Å². The first kappa shape index (κ1) is 25.7. The summed E-state index contributed by atoms with van der Waals surface area (Å²) in [7, 11) is 0. The summed E-state index contributed by atoms with van der Waals surface area (Å²) in [5.74, 6) is 0. The molecule has 0 fully saturated rings. The number of fused-ring (bicyclic) bond motifs is 17. The van der Waals surface area contributed by atoms with Crippen molar-refractivity contribution in [2.45, 2.75) is 5.41 Å². The van der Waals surface area contributed by atoms with E-state index >= 15 is 0 Å². The summed E-state index contributed by atoms with van der Waals surface area (Å²) in [6.07, 6.45) is 0. The zero-order chi connectivity index (χ0) is 32.0. The molecular formula is C44H26BN3O. The van der Waals surface area contributed by atoms with Gasteiger partial charge in [-0.15, -0.1) is 0 Å². The molecule has 0 saturated heterocycles. The maximum Gasteiger partial charge on any atom is 0.357 e. The van der Waals surface area contributed by atoms with E-state index in [1.54, 1.807) is 0 Å². The smallest absolute Gasteiger partial charge is 0.311 e. The van der Waals surface area contributed by atoms with Crippen LogP contribution < -0.4 is 21.4 Å². The minimum Gasteiger partial charge on any atom is -0.311 e. The summed E-state index contributed by atoms with van der Waals surface area (Å²) in [5, 5.41) is 0.762. The van der Waals surface area contributed by atoms with E-state index < -0.39 is 5.41 Å². The average molecular weight is 624 g/mol. The topological polar surface area (TPSA) is 30.2 Å². The Bertz CT molecular complexity index is 2780. The van der Waals surface area contributed by atoms with Crippen molar-refractivity contribution < 1.29 is 0 Å². The molecule has 0 N–H and O–H groups in total. The van der Waals surface area contributed by atoms with Gasteiger partial charge in [0.05, 0.1) is 33.4 Å². The molecular weight excluding hydrogens is 597 g/mol. The lowest BCUT2D eigenvalue weighted by atomic mass is 9.47. The Morgan fingerprint density at radius 2 is 1.12 bits per heavy atom. The summed E-state index contributed by atoms with van der Waals surface area (Å²) in [6.45, 7) is -0.268. The van der Waals surface area contributed by atoms with Crippen LogP contribution >= 0.6 is 0 Å². The van der Waals surface area contributed by atoms with Crippen molar-refractivity contribution in [3.63, 3.8) is 0 Å². The Morgan fingerprint density at radius 3 is 1.90 bits per heavy atom. The predicted molar refractivity (Wildman–Crippen MR) is 199 cm³/mol. The molecule has 1 aliphatic carbocycles. The van der Waals surface area contributed by atoms with E-state index in [1.165, 1.54) is 50.2 Å². The highest BCUT2D eigenvalue weighted by Gasteiger charge is 2.56. The van der Waals surface area contributed by atoms with Crippen molar-refractivity contribution in [2.75, 3.05) is 4.90 Å². The second-order valence-corrected chi connectivity index (χ2v) is 13.6. The van der Waals surface area contributed by atoms with Crippen LogP contribution in [0, 0.1) is 0 Å². The Morgan fingerprint density at radius 1 is 0.490 bits per heavy atom. The van der Waals surface area contributed by atoms with Crippen molar-refractivity contribution in [3.05, 3.63) is 190 Å². The third-order valence-corrected chi connectivity index (χ3v) is 11.5. The summed E-state index contributed by atoms with van der Waals surface area (Å²) in [5.41, 5.74) is 17.1. The molecule has 0 bridgehead atoms. The number of para-hydroxylation sites is 2. The molecule has 12 rings (SSSR count). The van der Waals surface area contributed by atoms with Crippen LogP contribution in [0.3, 0.4) is 0 Å². The minimum absolute atomic E-state index is 0.0372. The number of hydrogen-bond donors (Lipinski definition) is 0. The third-order valence-electron chi connectivity index (χ3n) is 11.5. The van der Waals surface area contributed by atoms with Crippen molar-refractivity contribution in [3.8, 4) is 27.9 Å². The van der Waals surface area contributed by atoms with Crippen LogP contribution in [0.2, 0.25) is 0 Å². The minimum atomic E-state index is -0.508. The molecule has 0 radical (unpaired) electrons. The first-order valence-electron chi connectivity index (χ1n) is 17.0. The maximum absolute atomic E-state index is 15.0. The fraction of sp³-hybridized carbons (Fsp3) is 0.0227. The summed E-state index contributed by atoms with van der Waals surface area (Å²) < 4.78 is 4.23. The number of rotatable bonds is 1. The second-order valence-electron chi connectivity index (χ2n) is 13.6. The van der Waals surface area contributed by atoms with Crippen LogP contribution in [0.1, 0.15) is 22.3 Å². The van der Waals surface area contributed by atoms with E-state index in [0.717, 1.165) is 38.9 Å². The van der Waals surface area contributed by atoms with Gasteiger partial charge in [-0.1, -0.05) is 133 Å². The molecule has 5 heteroatoms. The van der Waals surface area contributed by atoms with E-state index in [-0.39, 0.29) is 12.4 Å². The Hall–Kier alpha value is -6.33. The SMILES string of the molecule is O=c1c2c(-c3ccccc3)cccc2n2n1B1c3ccccc3N3c4ccccc4C4(c5ccccc5-c5ccccc54)c4ccc-2c1c43. The molecule has 1 aromatic heterocycles. The van der Waals surface area contributed by atoms with E-state index in [9.17, 15) is 4.79 Å². The van der Waals surface area contributed by atoms with Gasteiger partial charge in [0.1, 0.15) is 0 Å². The zero-order valence-corrected chi connectivity index (χ0v) is 26.3. The number of nitrogens with zero attached hydrogens (tertiary/aromatic N) is 3. The Balaban J connectivity index is 1.26. The quantitative estimate of drug-likeness (QED) is 0.174. The summed E-state index contributed by atoms with van der Waals surface area (Å²) >= 11 is 0. The molecule has 4 nitrogen and oxygen atoms in total. The molecule has 0 amide bonds. The van der Waals surface area contributed by atoms with Crippen LogP contribution in [0.25, 0.3) is 38.8 Å². The van der Waals surface area contributed by atoms with Crippen LogP contribution in [-0.2, 0) is 5.41 Å². The number of aromatic nitrogens is 2. The first-order valence-corrected chi connectivity index (χ1v) is 17.0. The maximum atomic E-state index is 15.0. The molecule has 4 heterocycles. The van der Waals surface area contributed by atoms with Crippen LogP contribution in [-0.4, -0.2) is 16.1 Å². The summed E-state index contributed by atoms with van der Waals surface area (Å²) in [6, 6.07) is 56.7. The number of hydrogen-bond acceptors (Lipinski definition) is 2. The monoisotopic (exact) mass is 623 g/mol. The van der Waals surface area contributed by atoms with Gasteiger partial charge in [-0.25, -0.2) is 0 Å². The lowest BCUT2D eigenvalue weighted by Gasteiger charge is -2.48. The van der Waals surface area contributed by atoms with E-state index in [2.05, 4.69) is 149 Å². The highest BCUT2D eigenvalue weighted by Crippen LogP contribution is 2.63. The number of benzene rings is 7. The van der Waals surface area contributed by atoms with Crippen molar-refractivity contribution in [2.24, 2.45) is 0 Å². The van der Waals surface area contributed by atoms with Gasteiger partial charge in [0, 0.05) is 11.2 Å². The van der Waals surface area contributed by atoms with Crippen LogP contribution in [0.4, 0.5) is 17.1 Å². The molecule has 8 aromatic rings. The highest BCUT2D eigenvalue weighted by molar-refractivity contribution is 6.88. The lowest BCUT2D eigenvalue weighted by molar-refractivity contribution is 0.753. The van der Waals surface area contributed by atoms with Gasteiger partial charge in [-0.2, -0.15) is 0 Å². The fourth-order valence-corrected chi connectivity index (χ4v) is 9.84. The molecule has 226 valence electrons. The Labute approximate surface area is 282 Å². The van der Waals surface area contributed by atoms with E-state index in [4.69, 9.17) is 0 Å². The standard InChI is InChI=1S/C44H26BN3O/c49-43-40-28(27-13-2-1-3-14-27)17-12-24-38(40)47-39-26-25-34-42-41(39)45(48(43)47)35-21-9-11-23-37(35)46(42)36-22-10-8-20-33(36)44(34)31-18-6-4-15-29(31)30-16-5-7-19-32(30)44/h1-26H. The van der Waals surface area contributed by atoms with Crippen molar-refractivity contribution in [1.29, 1.82) is 0 Å². The molecule has 0 saturated carbocycles. The molecule has 0 unspecified atom stereocenters.